The first kappa shape index (κ1) is 18.7. The highest BCUT2D eigenvalue weighted by atomic mass is 32.1. The van der Waals surface area contributed by atoms with Crippen LogP contribution in [-0.4, -0.2) is 34.0 Å². The average Bonchev–Trinajstić information content (AvgIpc) is 3.32. The number of anilines is 1. The van der Waals surface area contributed by atoms with E-state index >= 15 is 0 Å². The lowest BCUT2D eigenvalue weighted by atomic mass is 10.1. The highest BCUT2D eigenvalue weighted by molar-refractivity contribution is 7.13. The van der Waals surface area contributed by atoms with Crippen molar-refractivity contribution in [3.05, 3.63) is 46.8 Å². The minimum Gasteiger partial charge on any atom is -0.466 e. The van der Waals surface area contributed by atoms with Crippen LogP contribution in [0.2, 0.25) is 0 Å². The van der Waals surface area contributed by atoms with Crippen molar-refractivity contribution in [2.45, 2.75) is 26.7 Å². The number of nitrogens with one attached hydrogen (secondary N) is 1. The topological polar surface area (TPSA) is 102 Å². The number of ether oxygens (including phenoxy) is 1. The summed E-state index contributed by atoms with van der Waals surface area (Å²) in [6.07, 6.45) is 2.55. The number of esters is 1. The molecule has 9 heteroatoms. The predicted molar refractivity (Wildman–Crippen MR) is 103 cm³/mol. The van der Waals surface area contributed by atoms with Crippen molar-refractivity contribution in [1.29, 1.82) is 0 Å². The second-order valence-electron chi connectivity index (χ2n) is 5.47. The molecule has 3 rings (SSSR count). The molecule has 0 radical (unpaired) electrons. The normalized spacial score (nSPS) is 11.0. The maximum Gasteiger partial charge on any atom is 0.311 e. The number of thiazole rings is 1. The van der Waals surface area contributed by atoms with Gasteiger partial charge in [-0.2, -0.15) is 5.10 Å². The SMILES string of the molecule is CCOC(=O)Cc1csc(NN=Cc2ccc(-c3nnc(CC)o3)cc2)n1. The zero-order valence-electron chi connectivity index (χ0n) is 15.0. The van der Waals surface area contributed by atoms with Gasteiger partial charge >= 0.3 is 5.97 Å². The molecule has 1 aromatic carbocycles. The fraction of sp³-hybridized carbons (Fsp3) is 0.278. The van der Waals surface area contributed by atoms with Crippen molar-refractivity contribution in [3.8, 4) is 11.5 Å². The van der Waals surface area contributed by atoms with Gasteiger partial charge in [0.15, 0.2) is 0 Å². The minimum absolute atomic E-state index is 0.159. The molecule has 0 aliphatic rings. The van der Waals surface area contributed by atoms with E-state index in [2.05, 4.69) is 25.7 Å². The summed E-state index contributed by atoms with van der Waals surface area (Å²) in [5, 5.41) is 14.6. The van der Waals surface area contributed by atoms with E-state index in [0.717, 1.165) is 11.1 Å². The second kappa shape index (κ2) is 9.04. The van der Waals surface area contributed by atoms with Gasteiger partial charge in [-0.25, -0.2) is 4.98 Å². The van der Waals surface area contributed by atoms with E-state index in [0.29, 0.717) is 35.6 Å². The van der Waals surface area contributed by atoms with Gasteiger partial charge < -0.3 is 9.15 Å². The summed E-state index contributed by atoms with van der Waals surface area (Å²) in [7, 11) is 0. The average molecular weight is 385 g/mol. The first-order valence-electron chi connectivity index (χ1n) is 8.49. The Kier molecular flexibility index (Phi) is 6.26. The molecule has 0 aliphatic carbocycles. The molecule has 0 saturated heterocycles. The molecule has 0 saturated carbocycles. The van der Waals surface area contributed by atoms with Gasteiger partial charge in [0, 0.05) is 17.4 Å². The molecular weight excluding hydrogens is 366 g/mol. The van der Waals surface area contributed by atoms with Crippen molar-refractivity contribution in [2.75, 3.05) is 12.0 Å². The smallest absolute Gasteiger partial charge is 0.311 e. The van der Waals surface area contributed by atoms with E-state index in [4.69, 9.17) is 9.15 Å². The number of aromatic nitrogens is 3. The van der Waals surface area contributed by atoms with E-state index in [-0.39, 0.29) is 12.4 Å². The Balaban J connectivity index is 1.55. The Morgan fingerprint density at radius 3 is 2.81 bits per heavy atom. The largest absolute Gasteiger partial charge is 0.466 e. The Morgan fingerprint density at radius 1 is 1.30 bits per heavy atom. The number of rotatable bonds is 8. The van der Waals surface area contributed by atoms with Crippen LogP contribution in [0.4, 0.5) is 5.13 Å². The molecule has 0 fully saturated rings. The first-order chi connectivity index (χ1) is 13.2. The van der Waals surface area contributed by atoms with Gasteiger partial charge in [0.1, 0.15) is 0 Å². The van der Waals surface area contributed by atoms with Gasteiger partial charge in [0.25, 0.3) is 0 Å². The molecule has 0 spiro atoms. The lowest BCUT2D eigenvalue weighted by molar-refractivity contribution is -0.142. The molecule has 0 unspecified atom stereocenters. The number of hydrogen-bond acceptors (Lipinski definition) is 9. The number of nitrogens with zero attached hydrogens (tertiary/aromatic N) is 4. The summed E-state index contributed by atoms with van der Waals surface area (Å²) in [4.78, 5) is 15.7. The predicted octanol–water partition coefficient (Wildman–Crippen LogP) is 3.31. The summed E-state index contributed by atoms with van der Waals surface area (Å²) >= 11 is 1.38. The van der Waals surface area contributed by atoms with Gasteiger partial charge in [0.05, 0.1) is 24.9 Å². The Hall–Kier alpha value is -3.07. The van der Waals surface area contributed by atoms with Gasteiger partial charge in [-0.15, -0.1) is 21.5 Å². The molecule has 1 N–H and O–H groups in total. The van der Waals surface area contributed by atoms with E-state index in [1.807, 2.05) is 31.2 Å². The fourth-order valence-electron chi connectivity index (χ4n) is 2.19. The van der Waals surface area contributed by atoms with Crippen molar-refractivity contribution in [1.82, 2.24) is 15.2 Å². The monoisotopic (exact) mass is 385 g/mol. The number of hydrazone groups is 1. The lowest BCUT2D eigenvalue weighted by Gasteiger charge is -1.98. The number of benzene rings is 1. The van der Waals surface area contributed by atoms with Crippen LogP contribution in [0.25, 0.3) is 11.5 Å². The van der Waals surface area contributed by atoms with Crippen LogP contribution in [0.5, 0.6) is 0 Å². The summed E-state index contributed by atoms with van der Waals surface area (Å²) in [6, 6.07) is 7.61. The summed E-state index contributed by atoms with van der Waals surface area (Å²) in [6.45, 7) is 4.10. The van der Waals surface area contributed by atoms with Crippen molar-refractivity contribution in [2.24, 2.45) is 5.10 Å². The molecule has 8 nitrogen and oxygen atoms in total. The van der Waals surface area contributed by atoms with E-state index in [1.54, 1.807) is 18.5 Å². The number of aryl methyl sites for hydroxylation is 1. The van der Waals surface area contributed by atoms with Crippen molar-refractivity contribution >= 4 is 28.7 Å². The van der Waals surface area contributed by atoms with E-state index < -0.39 is 0 Å². The maximum atomic E-state index is 11.4. The third-order valence-electron chi connectivity index (χ3n) is 3.48. The summed E-state index contributed by atoms with van der Waals surface area (Å²) in [5.41, 5.74) is 5.28. The van der Waals surface area contributed by atoms with Crippen LogP contribution in [0.1, 0.15) is 31.0 Å². The van der Waals surface area contributed by atoms with Crippen LogP contribution < -0.4 is 5.43 Å². The van der Waals surface area contributed by atoms with Gasteiger partial charge in [0.2, 0.25) is 16.9 Å². The molecule has 2 aromatic heterocycles. The van der Waals surface area contributed by atoms with Crippen molar-refractivity contribution < 1.29 is 13.9 Å². The number of hydrogen-bond donors (Lipinski definition) is 1. The van der Waals surface area contributed by atoms with Gasteiger partial charge in [-0.1, -0.05) is 19.1 Å². The maximum absolute atomic E-state index is 11.4. The van der Waals surface area contributed by atoms with Crippen molar-refractivity contribution in [3.63, 3.8) is 0 Å². The molecule has 0 bridgehead atoms. The lowest BCUT2D eigenvalue weighted by Crippen LogP contribution is -2.07. The third kappa shape index (κ3) is 5.20. The molecule has 0 aliphatic heterocycles. The van der Waals surface area contributed by atoms with E-state index in [1.165, 1.54) is 11.3 Å². The standard InChI is InChI=1S/C18H19N5O3S/c1-3-15-21-22-17(26-15)13-7-5-12(6-8-13)10-19-23-18-20-14(11-27-18)9-16(24)25-4-2/h5-8,10-11H,3-4,9H2,1-2H3,(H,20,23). The highest BCUT2D eigenvalue weighted by Gasteiger charge is 2.08. The zero-order valence-corrected chi connectivity index (χ0v) is 15.8. The molecule has 0 atom stereocenters. The van der Waals surface area contributed by atoms with Crippen LogP contribution in [0.3, 0.4) is 0 Å². The van der Waals surface area contributed by atoms with Gasteiger partial charge in [-0.05, 0) is 24.6 Å². The molecule has 27 heavy (non-hydrogen) atoms. The molecule has 0 amide bonds. The fourth-order valence-corrected chi connectivity index (χ4v) is 2.85. The van der Waals surface area contributed by atoms with Crippen LogP contribution in [0.15, 0.2) is 39.2 Å². The van der Waals surface area contributed by atoms with Crippen LogP contribution >= 0.6 is 11.3 Å². The Morgan fingerprint density at radius 2 is 2.11 bits per heavy atom. The number of carbonyl (C=O) groups excluding carboxylic acids is 1. The molecular formula is C18H19N5O3S. The quantitative estimate of drug-likeness (QED) is 0.360. The van der Waals surface area contributed by atoms with E-state index in [9.17, 15) is 4.79 Å². The third-order valence-corrected chi connectivity index (χ3v) is 4.28. The highest BCUT2D eigenvalue weighted by Crippen LogP contribution is 2.19. The molecule has 2 heterocycles. The Labute approximate surface area is 160 Å². The minimum atomic E-state index is -0.287. The summed E-state index contributed by atoms with van der Waals surface area (Å²) < 4.78 is 10.4. The molecule has 3 aromatic rings. The number of carbonyl (C=O) groups is 1. The van der Waals surface area contributed by atoms with Crippen LogP contribution in [0, 0.1) is 0 Å². The summed E-state index contributed by atoms with van der Waals surface area (Å²) in [5.74, 6) is 0.834. The van der Waals surface area contributed by atoms with Gasteiger partial charge in [-0.3, -0.25) is 10.2 Å². The molecule has 140 valence electrons. The Bertz CT molecular complexity index is 917. The second-order valence-corrected chi connectivity index (χ2v) is 6.33. The zero-order chi connectivity index (χ0) is 19.1. The van der Waals surface area contributed by atoms with Crippen LogP contribution in [-0.2, 0) is 22.4 Å². The first-order valence-corrected chi connectivity index (χ1v) is 9.37.